The molecule has 2 aromatic rings. The maximum Gasteiger partial charge on any atom is 0.230 e. The van der Waals surface area contributed by atoms with Crippen molar-refractivity contribution >= 4 is 11.6 Å². The van der Waals surface area contributed by atoms with Crippen LogP contribution in [0.1, 0.15) is 5.69 Å². The molecule has 88 valence electrons. The number of hydrogen-bond donors (Lipinski definition) is 1. The third-order valence-electron chi connectivity index (χ3n) is 2.13. The molecule has 2 rings (SSSR count). The first-order valence-electron chi connectivity index (χ1n) is 5.09. The molecule has 0 saturated heterocycles. The molecule has 0 aliphatic heterocycles. The van der Waals surface area contributed by atoms with Crippen LogP contribution in [-0.4, -0.2) is 10.9 Å². The number of halogens is 1. The van der Waals surface area contributed by atoms with E-state index in [4.69, 9.17) is 0 Å². The van der Waals surface area contributed by atoms with E-state index in [-0.39, 0.29) is 18.3 Å². The van der Waals surface area contributed by atoms with E-state index in [1.807, 2.05) is 48.5 Å². The molecule has 0 unspecified atom stereocenters. The van der Waals surface area contributed by atoms with Crippen molar-refractivity contribution in [3.05, 3.63) is 60.4 Å². The molecule has 0 spiro atoms. The van der Waals surface area contributed by atoms with E-state index >= 15 is 0 Å². The van der Waals surface area contributed by atoms with Crippen molar-refractivity contribution in [3.63, 3.8) is 0 Å². The minimum Gasteiger partial charge on any atom is -1.00 e. The topological polar surface area (TPSA) is 42.0 Å². The summed E-state index contributed by atoms with van der Waals surface area (Å²) < 4.78 is 0. The molecule has 0 bridgehead atoms. The van der Waals surface area contributed by atoms with Gasteiger partial charge < -0.3 is 17.7 Å². The van der Waals surface area contributed by atoms with Gasteiger partial charge in [0.05, 0.1) is 6.42 Å². The quantitative estimate of drug-likeness (QED) is 0.777. The van der Waals surface area contributed by atoms with Crippen LogP contribution in [0.2, 0.25) is 0 Å². The van der Waals surface area contributed by atoms with Crippen molar-refractivity contribution in [2.45, 2.75) is 6.42 Å². The highest BCUT2D eigenvalue weighted by Gasteiger charge is 2.03. The second-order valence-electron chi connectivity index (χ2n) is 3.41. The van der Waals surface area contributed by atoms with Gasteiger partial charge in [0.1, 0.15) is 0 Å². The summed E-state index contributed by atoms with van der Waals surface area (Å²) in [6.45, 7) is 0. The molecule has 0 saturated carbocycles. The van der Waals surface area contributed by atoms with Gasteiger partial charge in [-0.05, 0) is 24.3 Å². The van der Waals surface area contributed by atoms with Gasteiger partial charge in [-0.3, -0.25) is 9.78 Å². The number of hydrogen-bond acceptors (Lipinski definition) is 2. The Bertz CT molecular complexity index is 416. The standard InChI is InChI=1S/C13H12N2O.ClH/c16-13(10-12-8-4-5-9-14-12)15-11-6-2-1-3-7-11;/h1-9H,10H2,(H,15,16);1H/p-1. The molecule has 1 heterocycles. The fraction of sp³-hybridized carbons (Fsp3) is 0.0769. The van der Waals surface area contributed by atoms with Crippen LogP contribution in [0.3, 0.4) is 0 Å². The van der Waals surface area contributed by atoms with Crippen molar-refractivity contribution < 1.29 is 17.2 Å². The first-order valence-corrected chi connectivity index (χ1v) is 5.09. The summed E-state index contributed by atoms with van der Waals surface area (Å²) in [5, 5.41) is 2.81. The second-order valence-corrected chi connectivity index (χ2v) is 3.41. The smallest absolute Gasteiger partial charge is 0.230 e. The molecular weight excluding hydrogens is 236 g/mol. The first-order chi connectivity index (χ1) is 7.84. The van der Waals surface area contributed by atoms with Gasteiger partial charge >= 0.3 is 0 Å². The number of carbonyl (C=O) groups excluding carboxylic acids is 1. The Morgan fingerprint density at radius 1 is 1.06 bits per heavy atom. The molecule has 4 heteroatoms. The van der Waals surface area contributed by atoms with Gasteiger partial charge in [-0.15, -0.1) is 0 Å². The Balaban J connectivity index is 0.00000144. The Labute approximate surface area is 106 Å². The van der Waals surface area contributed by atoms with Gasteiger partial charge in [0.2, 0.25) is 5.91 Å². The summed E-state index contributed by atoms with van der Waals surface area (Å²) in [5.41, 5.74) is 1.58. The Morgan fingerprint density at radius 2 is 1.76 bits per heavy atom. The van der Waals surface area contributed by atoms with Crippen LogP contribution >= 0.6 is 0 Å². The second kappa shape index (κ2) is 6.66. The fourth-order valence-corrected chi connectivity index (χ4v) is 1.39. The summed E-state index contributed by atoms with van der Waals surface area (Å²) in [4.78, 5) is 15.7. The van der Waals surface area contributed by atoms with Crippen molar-refractivity contribution in [2.24, 2.45) is 0 Å². The van der Waals surface area contributed by atoms with Crippen LogP contribution in [0, 0.1) is 0 Å². The van der Waals surface area contributed by atoms with E-state index in [2.05, 4.69) is 10.3 Å². The summed E-state index contributed by atoms with van der Waals surface area (Å²) in [7, 11) is 0. The van der Waals surface area contributed by atoms with Crippen molar-refractivity contribution in [3.8, 4) is 0 Å². The molecule has 0 radical (unpaired) electrons. The molecule has 0 atom stereocenters. The van der Waals surface area contributed by atoms with Crippen molar-refractivity contribution in [1.29, 1.82) is 0 Å². The molecule has 0 aliphatic carbocycles. The third kappa shape index (κ3) is 4.25. The molecule has 17 heavy (non-hydrogen) atoms. The summed E-state index contributed by atoms with van der Waals surface area (Å²) in [5.74, 6) is -0.0510. The summed E-state index contributed by atoms with van der Waals surface area (Å²) >= 11 is 0. The first kappa shape index (κ1) is 13.2. The normalized spacial score (nSPS) is 9.18. The lowest BCUT2D eigenvalue weighted by Crippen LogP contribution is -3.00. The number of amides is 1. The maximum atomic E-state index is 11.6. The van der Waals surface area contributed by atoms with Gasteiger partial charge in [-0.1, -0.05) is 24.3 Å². The van der Waals surface area contributed by atoms with E-state index < -0.39 is 0 Å². The number of benzene rings is 1. The Morgan fingerprint density at radius 3 is 2.41 bits per heavy atom. The molecule has 1 N–H and O–H groups in total. The van der Waals surface area contributed by atoms with E-state index in [0.717, 1.165) is 11.4 Å². The summed E-state index contributed by atoms with van der Waals surface area (Å²) in [6.07, 6.45) is 1.99. The lowest BCUT2D eigenvalue weighted by Gasteiger charge is -2.03. The van der Waals surface area contributed by atoms with Gasteiger partial charge in [0.25, 0.3) is 0 Å². The van der Waals surface area contributed by atoms with Crippen LogP contribution in [0.5, 0.6) is 0 Å². The zero-order valence-corrected chi connectivity index (χ0v) is 9.89. The molecule has 0 fully saturated rings. The van der Waals surface area contributed by atoms with E-state index in [1.54, 1.807) is 6.20 Å². The Hall–Kier alpha value is -1.87. The van der Waals surface area contributed by atoms with Crippen LogP contribution in [0.25, 0.3) is 0 Å². The van der Waals surface area contributed by atoms with Crippen LogP contribution in [0.15, 0.2) is 54.7 Å². The Kier molecular flexibility index (Phi) is 5.17. The monoisotopic (exact) mass is 247 g/mol. The minimum absolute atomic E-state index is 0. The molecule has 1 aromatic heterocycles. The fourth-order valence-electron chi connectivity index (χ4n) is 1.39. The average Bonchev–Trinajstić information content (AvgIpc) is 2.31. The number of aromatic nitrogens is 1. The number of anilines is 1. The SMILES string of the molecule is O=C(Cc1ccccn1)Nc1ccccc1.[Cl-]. The maximum absolute atomic E-state index is 11.6. The molecule has 0 aliphatic rings. The number of pyridine rings is 1. The lowest BCUT2D eigenvalue weighted by atomic mass is 10.2. The lowest BCUT2D eigenvalue weighted by molar-refractivity contribution is -0.115. The molecule has 3 nitrogen and oxygen atoms in total. The van der Waals surface area contributed by atoms with Crippen LogP contribution in [0.4, 0.5) is 5.69 Å². The van der Waals surface area contributed by atoms with Gasteiger partial charge in [0, 0.05) is 17.6 Å². The van der Waals surface area contributed by atoms with E-state index in [9.17, 15) is 4.79 Å². The number of nitrogens with zero attached hydrogens (tertiary/aromatic N) is 1. The van der Waals surface area contributed by atoms with Crippen LogP contribution in [-0.2, 0) is 11.2 Å². The third-order valence-corrected chi connectivity index (χ3v) is 2.13. The molecule has 1 aromatic carbocycles. The zero-order valence-electron chi connectivity index (χ0n) is 9.14. The van der Waals surface area contributed by atoms with Crippen LogP contribution < -0.4 is 17.7 Å². The highest BCUT2D eigenvalue weighted by atomic mass is 35.5. The van der Waals surface area contributed by atoms with Crippen molar-refractivity contribution in [2.75, 3.05) is 5.32 Å². The van der Waals surface area contributed by atoms with E-state index in [1.165, 1.54) is 0 Å². The molecular formula is C13H12ClN2O-. The van der Waals surface area contributed by atoms with Gasteiger partial charge in [-0.25, -0.2) is 0 Å². The highest BCUT2D eigenvalue weighted by molar-refractivity contribution is 5.91. The zero-order chi connectivity index (χ0) is 11.2. The number of para-hydroxylation sites is 1. The predicted molar refractivity (Wildman–Crippen MR) is 63.0 cm³/mol. The van der Waals surface area contributed by atoms with Gasteiger partial charge in [-0.2, -0.15) is 0 Å². The number of nitrogens with one attached hydrogen (secondary N) is 1. The van der Waals surface area contributed by atoms with E-state index in [0.29, 0.717) is 6.42 Å². The number of rotatable bonds is 3. The largest absolute Gasteiger partial charge is 1.00 e. The number of carbonyl (C=O) groups is 1. The van der Waals surface area contributed by atoms with Crippen molar-refractivity contribution in [1.82, 2.24) is 4.98 Å². The predicted octanol–water partition coefficient (Wildman–Crippen LogP) is -0.733. The average molecular weight is 248 g/mol. The molecule has 1 amide bonds. The van der Waals surface area contributed by atoms with Gasteiger partial charge in [0.15, 0.2) is 0 Å². The minimum atomic E-state index is -0.0510. The highest BCUT2D eigenvalue weighted by Crippen LogP contribution is 2.05. The summed E-state index contributed by atoms with van der Waals surface area (Å²) in [6, 6.07) is 14.9.